The number of nitrogens with one attached hydrogen (secondary N) is 1. The highest BCUT2D eigenvalue weighted by Gasteiger charge is 2.19. The van der Waals surface area contributed by atoms with Crippen molar-refractivity contribution in [2.24, 2.45) is 5.92 Å². The van der Waals surface area contributed by atoms with E-state index in [2.05, 4.69) is 24.4 Å². The molecule has 1 N–H and O–H groups in total. The molecule has 1 heterocycles. The molecule has 0 saturated carbocycles. The first-order valence-corrected chi connectivity index (χ1v) is 7.27. The number of piperidine rings is 1. The number of anilines is 1. The van der Waals surface area contributed by atoms with E-state index in [9.17, 15) is 4.79 Å². The smallest absolute Gasteiger partial charge is 0.227 e. The molecular formula is C16H24N2O. The van der Waals surface area contributed by atoms with E-state index < -0.39 is 0 Å². The van der Waals surface area contributed by atoms with Gasteiger partial charge in [-0.3, -0.25) is 4.79 Å². The molecule has 2 rings (SSSR count). The summed E-state index contributed by atoms with van der Waals surface area (Å²) >= 11 is 0. The largest absolute Gasteiger partial charge is 0.316 e. The maximum Gasteiger partial charge on any atom is 0.227 e. The summed E-state index contributed by atoms with van der Waals surface area (Å²) in [4.78, 5) is 14.1. The van der Waals surface area contributed by atoms with Crippen LogP contribution in [0, 0.1) is 5.92 Å². The monoisotopic (exact) mass is 260 g/mol. The Morgan fingerprint density at radius 2 is 2.11 bits per heavy atom. The van der Waals surface area contributed by atoms with Gasteiger partial charge in [-0.1, -0.05) is 19.1 Å². The quantitative estimate of drug-likeness (QED) is 0.902. The number of amides is 1. The molecule has 1 unspecified atom stereocenters. The Kier molecular flexibility index (Phi) is 4.97. The van der Waals surface area contributed by atoms with Crippen molar-refractivity contribution in [2.75, 3.05) is 25.0 Å². The summed E-state index contributed by atoms with van der Waals surface area (Å²) in [5.41, 5.74) is 2.30. The van der Waals surface area contributed by atoms with Gasteiger partial charge in [0.25, 0.3) is 0 Å². The maximum absolute atomic E-state index is 12.3. The third-order valence-corrected chi connectivity index (χ3v) is 3.97. The van der Waals surface area contributed by atoms with Crippen molar-refractivity contribution in [3.8, 4) is 0 Å². The molecule has 1 amide bonds. The van der Waals surface area contributed by atoms with E-state index in [4.69, 9.17) is 0 Å². The van der Waals surface area contributed by atoms with Crippen LogP contribution in [0.2, 0.25) is 0 Å². The van der Waals surface area contributed by atoms with Crippen LogP contribution < -0.4 is 10.2 Å². The maximum atomic E-state index is 12.3. The van der Waals surface area contributed by atoms with E-state index in [0.717, 1.165) is 25.2 Å². The van der Waals surface area contributed by atoms with Crippen molar-refractivity contribution < 1.29 is 4.79 Å². The molecule has 104 valence electrons. The summed E-state index contributed by atoms with van der Waals surface area (Å²) in [5.74, 6) is 0.719. The van der Waals surface area contributed by atoms with E-state index in [1.807, 2.05) is 19.2 Å². The van der Waals surface area contributed by atoms with Crippen LogP contribution in [-0.4, -0.2) is 26.0 Å². The van der Waals surface area contributed by atoms with Crippen LogP contribution in [0.1, 0.15) is 31.7 Å². The van der Waals surface area contributed by atoms with Crippen molar-refractivity contribution in [1.29, 1.82) is 0 Å². The average Bonchev–Trinajstić information content (AvgIpc) is 2.47. The lowest BCUT2D eigenvalue weighted by atomic mass is 9.95. The molecule has 1 atom stereocenters. The van der Waals surface area contributed by atoms with Crippen LogP contribution in [0.3, 0.4) is 0 Å². The number of hydrogen-bond donors (Lipinski definition) is 1. The highest BCUT2D eigenvalue weighted by Crippen LogP contribution is 2.19. The Morgan fingerprint density at radius 3 is 2.68 bits per heavy atom. The zero-order valence-corrected chi connectivity index (χ0v) is 12.0. The molecule has 0 bridgehead atoms. The van der Waals surface area contributed by atoms with Gasteiger partial charge in [0.15, 0.2) is 0 Å². The molecule has 1 aliphatic rings. The number of hydrogen-bond acceptors (Lipinski definition) is 2. The van der Waals surface area contributed by atoms with Crippen molar-refractivity contribution in [3.63, 3.8) is 0 Å². The fourth-order valence-electron chi connectivity index (χ4n) is 2.58. The van der Waals surface area contributed by atoms with Crippen molar-refractivity contribution in [2.45, 2.75) is 32.6 Å². The predicted octanol–water partition coefficient (Wildman–Crippen LogP) is 2.60. The number of carbonyl (C=O) groups excluding carboxylic acids is 1. The fraction of sp³-hybridized carbons (Fsp3) is 0.562. The molecule has 0 radical (unpaired) electrons. The van der Waals surface area contributed by atoms with E-state index >= 15 is 0 Å². The van der Waals surface area contributed by atoms with Crippen LogP contribution in [-0.2, 0) is 11.2 Å². The van der Waals surface area contributed by atoms with Gasteiger partial charge in [0, 0.05) is 19.2 Å². The van der Waals surface area contributed by atoms with Gasteiger partial charge in [-0.05, 0) is 56.0 Å². The molecule has 1 aliphatic heterocycles. The summed E-state index contributed by atoms with van der Waals surface area (Å²) in [6, 6.07) is 8.27. The SMILES string of the molecule is CCc1ccc(N(C)C(=O)CC2CCCNC2)cc1. The van der Waals surface area contributed by atoms with E-state index in [0.29, 0.717) is 12.3 Å². The summed E-state index contributed by atoms with van der Waals surface area (Å²) in [7, 11) is 1.87. The van der Waals surface area contributed by atoms with Gasteiger partial charge >= 0.3 is 0 Å². The minimum absolute atomic E-state index is 0.220. The van der Waals surface area contributed by atoms with E-state index in [1.54, 1.807) is 4.90 Å². The summed E-state index contributed by atoms with van der Waals surface area (Å²) in [6.07, 6.45) is 4.04. The van der Waals surface area contributed by atoms with E-state index in [1.165, 1.54) is 18.4 Å². The Bertz CT molecular complexity index is 407. The molecule has 19 heavy (non-hydrogen) atoms. The minimum Gasteiger partial charge on any atom is -0.316 e. The molecule has 1 aromatic carbocycles. The summed E-state index contributed by atoms with van der Waals surface area (Å²) in [6.45, 7) is 4.22. The number of benzene rings is 1. The second-order valence-electron chi connectivity index (χ2n) is 5.39. The van der Waals surface area contributed by atoms with Crippen LogP contribution >= 0.6 is 0 Å². The van der Waals surface area contributed by atoms with Crippen LogP contribution in [0.25, 0.3) is 0 Å². The standard InChI is InChI=1S/C16H24N2O/c1-3-13-6-8-15(9-7-13)18(2)16(19)11-14-5-4-10-17-12-14/h6-9,14,17H,3-5,10-12H2,1-2H3. The zero-order valence-electron chi connectivity index (χ0n) is 12.0. The first-order chi connectivity index (χ1) is 9.20. The highest BCUT2D eigenvalue weighted by molar-refractivity contribution is 5.92. The predicted molar refractivity (Wildman–Crippen MR) is 79.4 cm³/mol. The zero-order chi connectivity index (χ0) is 13.7. The summed E-state index contributed by atoms with van der Waals surface area (Å²) in [5, 5.41) is 3.36. The third-order valence-electron chi connectivity index (χ3n) is 3.97. The normalized spacial score (nSPS) is 19.2. The molecule has 3 nitrogen and oxygen atoms in total. The van der Waals surface area contributed by atoms with Crippen molar-refractivity contribution >= 4 is 11.6 Å². The fourth-order valence-corrected chi connectivity index (χ4v) is 2.58. The molecule has 1 fully saturated rings. The lowest BCUT2D eigenvalue weighted by molar-refractivity contribution is -0.119. The molecule has 0 aromatic heterocycles. The second-order valence-corrected chi connectivity index (χ2v) is 5.39. The molecule has 0 spiro atoms. The third kappa shape index (κ3) is 3.80. The van der Waals surface area contributed by atoms with Gasteiger partial charge in [0.1, 0.15) is 0 Å². The number of carbonyl (C=O) groups is 1. The number of nitrogens with zero attached hydrogens (tertiary/aromatic N) is 1. The van der Waals surface area contributed by atoms with Crippen molar-refractivity contribution in [1.82, 2.24) is 5.32 Å². The van der Waals surface area contributed by atoms with Gasteiger partial charge in [0.05, 0.1) is 0 Å². The van der Waals surface area contributed by atoms with Crippen LogP contribution in [0.15, 0.2) is 24.3 Å². The average molecular weight is 260 g/mol. The number of rotatable bonds is 4. The first kappa shape index (κ1) is 14.1. The van der Waals surface area contributed by atoms with Gasteiger partial charge in [-0.15, -0.1) is 0 Å². The lowest BCUT2D eigenvalue weighted by Gasteiger charge is -2.25. The Balaban J connectivity index is 1.93. The molecule has 0 aliphatic carbocycles. The van der Waals surface area contributed by atoms with Crippen molar-refractivity contribution in [3.05, 3.63) is 29.8 Å². The lowest BCUT2D eigenvalue weighted by Crippen LogP contribution is -2.35. The van der Waals surface area contributed by atoms with E-state index in [-0.39, 0.29) is 5.91 Å². The van der Waals surface area contributed by atoms with Gasteiger partial charge in [-0.2, -0.15) is 0 Å². The highest BCUT2D eigenvalue weighted by atomic mass is 16.2. The topological polar surface area (TPSA) is 32.3 Å². The second kappa shape index (κ2) is 6.71. The minimum atomic E-state index is 0.220. The molecule has 3 heteroatoms. The Hall–Kier alpha value is -1.35. The molecular weight excluding hydrogens is 236 g/mol. The Labute approximate surface area is 116 Å². The Morgan fingerprint density at radius 1 is 1.37 bits per heavy atom. The van der Waals surface area contributed by atoms with Crippen LogP contribution in [0.4, 0.5) is 5.69 Å². The van der Waals surface area contributed by atoms with Gasteiger partial charge in [-0.25, -0.2) is 0 Å². The van der Waals surface area contributed by atoms with Crippen LogP contribution in [0.5, 0.6) is 0 Å². The van der Waals surface area contributed by atoms with Gasteiger partial charge in [0.2, 0.25) is 5.91 Å². The summed E-state index contributed by atoms with van der Waals surface area (Å²) < 4.78 is 0. The molecule has 1 saturated heterocycles. The number of aryl methyl sites for hydroxylation is 1. The first-order valence-electron chi connectivity index (χ1n) is 7.27. The van der Waals surface area contributed by atoms with Gasteiger partial charge < -0.3 is 10.2 Å². The molecule has 1 aromatic rings.